The number of rotatable bonds is 13. The van der Waals surface area contributed by atoms with E-state index in [-0.39, 0.29) is 43.5 Å². The summed E-state index contributed by atoms with van der Waals surface area (Å²) < 4.78 is 15.8. The Labute approximate surface area is 219 Å². The molecule has 2 aromatic carbocycles. The molecule has 1 aliphatic carbocycles. The van der Waals surface area contributed by atoms with Crippen LogP contribution in [0, 0.1) is 0 Å². The van der Waals surface area contributed by atoms with Crippen molar-refractivity contribution in [2.45, 2.75) is 44.8 Å². The fraction of sp³-hybridized carbons (Fsp3) is 0.407. The van der Waals surface area contributed by atoms with E-state index in [0.29, 0.717) is 0 Å². The lowest BCUT2D eigenvalue weighted by Crippen LogP contribution is -2.43. The standard InChI is InChI=1S/C27H31NO8S/c1-3-24(29)34-13-17(36-25(30)4-2)15-37-16-23(26(31)32)28-27(33)35-14-22-20-11-7-5-9-18(20)19-10-6-8-12-21(19)22/h5-12,17,22-23H,3-4,13-16H2,1-2H3,(H,28,33)(H,31,32). The quantitative estimate of drug-likeness (QED) is 0.292. The van der Waals surface area contributed by atoms with Crippen molar-refractivity contribution in [2.24, 2.45) is 0 Å². The van der Waals surface area contributed by atoms with Crippen LogP contribution in [0.3, 0.4) is 0 Å². The molecule has 1 aliphatic rings. The highest BCUT2D eigenvalue weighted by Gasteiger charge is 2.30. The molecule has 2 aromatic rings. The number of carbonyl (C=O) groups excluding carboxylic acids is 3. The Morgan fingerprint density at radius 1 is 0.892 bits per heavy atom. The number of carbonyl (C=O) groups is 4. The third-order valence-corrected chi connectivity index (χ3v) is 7.00. The van der Waals surface area contributed by atoms with Gasteiger partial charge in [0.25, 0.3) is 0 Å². The van der Waals surface area contributed by atoms with E-state index in [1.807, 2.05) is 48.5 Å². The van der Waals surface area contributed by atoms with Gasteiger partial charge in [0.15, 0.2) is 0 Å². The number of fused-ring (bicyclic) bond motifs is 3. The molecule has 0 saturated heterocycles. The molecule has 0 fully saturated rings. The van der Waals surface area contributed by atoms with E-state index in [2.05, 4.69) is 5.32 Å². The van der Waals surface area contributed by atoms with E-state index in [1.165, 1.54) is 0 Å². The van der Waals surface area contributed by atoms with Crippen LogP contribution >= 0.6 is 11.8 Å². The topological polar surface area (TPSA) is 128 Å². The maximum Gasteiger partial charge on any atom is 0.407 e. The van der Waals surface area contributed by atoms with Gasteiger partial charge < -0.3 is 24.6 Å². The lowest BCUT2D eigenvalue weighted by atomic mass is 9.98. The van der Waals surface area contributed by atoms with Gasteiger partial charge in [-0.25, -0.2) is 9.59 Å². The minimum absolute atomic E-state index is 0.00142. The van der Waals surface area contributed by atoms with Gasteiger partial charge in [0.05, 0.1) is 0 Å². The molecule has 37 heavy (non-hydrogen) atoms. The van der Waals surface area contributed by atoms with E-state index in [0.717, 1.165) is 34.0 Å². The number of carboxylic acids is 1. The predicted molar refractivity (Wildman–Crippen MR) is 138 cm³/mol. The number of amides is 1. The van der Waals surface area contributed by atoms with Crippen molar-refractivity contribution in [3.05, 3.63) is 59.7 Å². The summed E-state index contributed by atoms with van der Waals surface area (Å²) >= 11 is 1.16. The Morgan fingerprint density at radius 2 is 1.49 bits per heavy atom. The monoisotopic (exact) mass is 529 g/mol. The summed E-state index contributed by atoms with van der Waals surface area (Å²) in [5.74, 6) is -2.05. The first-order valence-corrected chi connectivity index (χ1v) is 13.3. The molecular weight excluding hydrogens is 498 g/mol. The van der Waals surface area contributed by atoms with Crippen molar-refractivity contribution in [1.29, 1.82) is 0 Å². The zero-order valence-electron chi connectivity index (χ0n) is 20.8. The summed E-state index contributed by atoms with van der Waals surface area (Å²) in [6.45, 7) is 3.24. The number of carboxylic acid groups (broad SMARTS) is 1. The Morgan fingerprint density at radius 3 is 2.05 bits per heavy atom. The second kappa shape index (κ2) is 13.7. The first-order chi connectivity index (χ1) is 17.8. The number of hydrogen-bond donors (Lipinski definition) is 2. The molecule has 3 rings (SSSR count). The van der Waals surface area contributed by atoms with Crippen LogP contribution in [0.5, 0.6) is 0 Å². The maximum absolute atomic E-state index is 12.5. The number of ether oxygens (including phenoxy) is 3. The molecule has 1 amide bonds. The number of nitrogens with one attached hydrogen (secondary N) is 1. The first-order valence-electron chi connectivity index (χ1n) is 12.1. The van der Waals surface area contributed by atoms with E-state index >= 15 is 0 Å². The summed E-state index contributed by atoms with van der Waals surface area (Å²) in [7, 11) is 0. The first kappa shape index (κ1) is 28.0. The normalized spacial score (nSPS) is 13.6. The maximum atomic E-state index is 12.5. The number of alkyl carbamates (subject to hydrolysis) is 1. The van der Waals surface area contributed by atoms with Gasteiger partial charge in [0.2, 0.25) is 0 Å². The minimum atomic E-state index is -1.22. The number of esters is 2. The molecule has 2 N–H and O–H groups in total. The molecule has 0 aliphatic heterocycles. The summed E-state index contributed by atoms with van der Waals surface area (Å²) in [5, 5.41) is 12.0. The molecule has 0 aromatic heterocycles. The van der Waals surface area contributed by atoms with E-state index < -0.39 is 36.1 Å². The van der Waals surface area contributed by atoms with E-state index in [1.54, 1.807) is 13.8 Å². The largest absolute Gasteiger partial charge is 0.480 e. The summed E-state index contributed by atoms with van der Waals surface area (Å²) in [6, 6.07) is 14.6. The molecule has 0 radical (unpaired) electrons. The SMILES string of the molecule is CCC(=O)OCC(CSCC(NC(=O)OCC1c2ccccc2-c2ccccc21)C(=O)O)OC(=O)CC. The molecule has 2 atom stereocenters. The zero-order chi connectivity index (χ0) is 26.8. The number of benzene rings is 2. The van der Waals surface area contributed by atoms with Crippen LogP contribution in [-0.2, 0) is 28.6 Å². The second-order valence-corrected chi connectivity index (χ2v) is 9.48. The highest BCUT2D eigenvalue weighted by Crippen LogP contribution is 2.44. The zero-order valence-corrected chi connectivity index (χ0v) is 21.6. The lowest BCUT2D eigenvalue weighted by Gasteiger charge is -2.19. The van der Waals surface area contributed by atoms with Crippen LogP contribution in [0.4, 0.5) is 4.79 Å². The molecule has 0 spiro atoms. The van der Waals surface area contributed by atoms with Crippen LogP contribution in [0.15, 0.2) is 48.5 Å². The highest BCUT2D eigenvalue weighted by atomic mass is 32.2. The summed E-state index contributed by atoms with van der Waals surface area (Å²) in [6.07, 6.45) is -1.21. The van der Waals surface area contributed by atoms with Crippen molar-refractivity contribution in [3.63, 3.8) is 0 Å². The second-order valence-electron chi connectivity index (χ2n) is 8.40. The van der Waals surface area contributed by atoms with Gasteiger partial charge in [-0.15, -0.1) is 0 Å². The van der Waals surface area contributed by atoms with Gasteiger partial charge in [-0.05, 0) is 22.3 Å². The highest BCUT2D eigenvalue weighted by molar-refractivity contribution is 7.99. The summed E-state index contributed by atoms with van der Waals surface area (Å²) in [5.41, 5.74) is 4.29. The fourth-order valence-electron chi connectivity index (χ4n) is 3.95. The molecule has 0 saturated carbocycles. The smallest absolute Gasteiger partial charge is 0.407 e. The van der Waals surface area contributed by atoms with Crippen molar-refractivity contribution in [1.82, 2.24) is 5.32 Å². The van der Waals surface area contributed by atoms with Crippen molar-refractivity contribution in [2.75, 3.05) is 24.7 Å². The van der Waals surface area contributed by atoms with Gasteiger partial charge in [0.1, 0.15) is 25.4 Å². The molecule has 0 heterocycles. The van der Waals surface area contributed by atoms with Crippen LogP contribution in [0.1, 0.15) is 43.7 Å². The molecular formula is C27H31NO8S. The average Bonchev–Trinajstić information content (AvgIpc) is 3.22. The molecule has 10 heteroatoms. The third-order valence-electron chi connectivity index (χ3n) is 5.83. The Kier molecular flexibility index (Phi) is 10.4. The van der Waals surface area contributed by atoms with E-state index in [4.69, 9.17) is 14.2 Å². The van der Waals surface area contributed by atoms with Gasteiger partial charge >= 0.3 is 24.0 Å². The van der Waals surface area contributed by atoms with E-state index in [9.17, 15) is 24.3 Å². The van der Waals surface area contributed by atoms with Crippen molar-refractivity contribution < 1.29 is 38.5 Å². The Bertz CT molecular complexity index is 1080. The third kappa shape index (κ3) is 7.72. The summed E-state index contributed by atoms with van der Waals surface area (Å²) in [4.78, 5) is 47.4. The lowest BCUT2D eigenvalue weighted by molar-refractivity contribution is -0.157. The van der Waals surface area contributed by atoms with Crippen molar-refractivity contribution >= 4 is 35.8 Å². The minimum Gasteiger partial charge on any atom is -0.480 e. The molecule has 198 valence electrons. The number of hydrogen-bond acceptors (Lipinski definition) is 8. The van der Waals surface area contributed by atoms with Crippen molar-refractivity contribution in [3.8, 4) is 11.1 Å². The predicted octanol–water partition coefficient (Wildman–Crippen LogP) is 3.99. The fourth-order valence-corrected chi connectivity index (χ4v) is 4.97. The Balaban J connectivity index is 1.53. The molecule has 0 bridgehead atoms. The van der Waals surface area contributed by atoms with Gasteiger partial charge in [0, 0.05) is 30.3 Å². The van der Waals surface area contributed by atoms with Crippen LogP contribution in [-0.4, -0.2) is 66.0 Å². The number of thioether (sulfide) groups is 1. The molecule has 9 nitrogen and oxygen atoms in total. The van der Waals surface area contributed by atoms with Crippen LogP contribution < -0.4 is 5.32 Å². The van der Waals surface area contributed by atoms with Crippen LogP contribution in [0.2, 0.25) is 0 Å². The van der Waals surface area contributed by atoms with Gasteiger partial charge in [-0.2, -0.15) is 11.8 Å². The molecule has 2 unspecified atom stereocenters. The Hall–Kier alpha value is -3.53. The van der Waals surface area contributed by atoms with Gasteiger partial charge in [-0.3, -0.25) is 9.59 Å². The number of aliphatic carboxylic acids is 1. The average molecular weight is 530 g/mol. The van der Waals surface area contributed by atoms with Crippen LogP contribution in [0.25, 0.3) is 11.1 Å². The van der Waals surface area contributed by atoms with Gasteiger partial charge in [-0.1, -0.05) is 62.4 Å².